The van der Waals surface area contributed by atoms with Crippen molar-refractivity contribution in [2.75, 3.05) is 9.80 Å². The van der Waals surface area contributed by atoms with Gasteiger partial charge in [-0.25, -0.2) is 9.15 Å². The minimum atomic E-state index is 0.473. The van der Waals surface area contributed by atoms with Crippen LogP contribution in [0.15, 0.2) is 9.79 Å². The van der Waals surface area contributed by atoms with Crippen LogP contribution in [0, 0.1) is 0 Å². The van der Waals surface area contributed by atoms with Crippen LogP contribution in [0.3, 0.4) is 0 Å². The van der Waals surface area contributed by atoms with Gasteiger partial charge in [0.1, 0.15) is 45.3 Å². The first-order valence-corrected chi connectivity index (χ1v) is 14.9. The van der Waals surface area contributed by atoms with Gasteiger partial charge in [-0.15, -0.1) is 0 Å². The Balaban J connectivity index is 2.82. The molecular formula is C30H56N4S+2. The molecule has 0 aromatic heterocycles. The summed E-state index contributed by atoms with van der Waals surface area (Å²) in [6, 6.07) is 3.79. The highest BCUT2D eigenvalue weighted by atomic mass is 32.2. The normalized spacial score (nSPS) is 13.0. The van der Waals surface area contributed by atoms with Gasteiger partial charge in [-0.05, 0) is 111 Å². The van der Waals surface area contributed by atoms with Crippen LogP contribution in [0.1, 0.15) is 111 Å². The van der Waals surface area contributed by atoms with Gasteiger partial charge in [0.25, 0.3) is 0 Å². The molecule has 0 heterocycles. The van der Waals surface area contributed by atoms with E-state index in [-0.39, 0.29) is 0 Å². The molecule has 0 aliphatic carbocycles. The first kappa shape index (κ1) is 30.0. The largest absolute Gasteiger partial charge is 0.360 e. The number of nitrogens with zero attached hydrogens (tertiary/aromatic N) is 4. The second kappa shape index (κ2) is 11.4. The lowest BCUT2D eigenvalue weighted by molar-refractivity contribution is 0.426. The Morgan fingerprint density at radius 1 is 0.429 bits per heavy atom. The highest BCUT2D eigenvalue weighted by Gasteiger charge is 2.44. The zero-order valence-electron chi connectivity index (χ0n) is 25.8. The zero-order valence-corrected chi connectivity index (χ0v) is 26.6. The van der Waals surface area contributed by atoms with Crippen LogP contribution in [-0.2, 0) is 0 Å². The summed E-state index contributed by atoms with van der Waals surface area (Å²) >= 11 is 2.03. The van der Waals surface area contributed by atoms with E-state index in [4.69, 9.17) is 0 Å². The van der Waals surface area contributed by atoms with E-state index < -0.39 is 0 Å². The average molecular weight is 505 g/mol. The van der Waals surface area contributed by atoms with Gasteiger partial charge in [0, 0.05) is 24.2 Å². The topological polar surface area (TPSA) is 12.5 Å². The van der Waals surface area contributed by atoms with E-state index in [0.717, 1.165) is 0 Å². The van der Waals surface area contributed by atoms with Crippen LogP contribution in [0.4, 0.5) is 11.4 Å². The van der Waals surface area contributed by atoms with Crippen LogP contribution < -0.4 is 29.7 Å². The molecule has 0 spiro atoms. The fourth-order valence-corrected chi connectivity index (χ4v) is 7.31. The molecular weight excluding hydrogens is 448 g/mol. The molecule has 5 heteroatoms. The lowest BCUT2D eigenvalue weighted by atomic mass is 10.2. The molecule has 2 aromatic carbocycles. The molecule has 0 unspecified atom stereocenters. The molecule has 2 aromatic rings. The monoisotopic (exact) mass is 504 g/mol. The van der Waals surface area contributed by atoms with Crippen LogP contribution in [0.25, 0.3) is 0 Å². The molecule has 0 atom stereocenters. The van der Waals surface area contributed by atoms with Gasteiger partial charge < -0.3 is 9.80 Å². The highest BCUT2D eigenvalue weighted by Crippen LogP contribution is 2.45. The molecule has 200 valence electrons. The van der Waals surface area contributed by atoms with Crippen molar-refractivity contribution >= 4 is 23.1 Å². The van der Waals surface area contributed by atoms with Crippen molar-refractivity contribution in [2.24, 2.45) is 0 Å². The Kier molecular flexibility index (Phi) is 9.80. The number of anilines is 2. The number of rotatable bonds is 12. The fraction of sp³-hybridized carbons (Fsp3) is 0.800. The van der Waals surface area contributed by atoms with E-state index in [1.54, 1.807) is 0 Å². The number of hydrogen-bond donors (Lipinski definition) is 0. The molecule has 2 rings (SSSR count). The van der Waals surface area contributed by atoms with Gasteiger partial charge in [0.05, 0.1) is 0 Å². The van der Waals surface area contributed by atoms with E-state index in [2.05, 4.69) is 130 Å². The molecule has 0 fully saturated rings. The molecule has 0 radical (unpaired) electrons. The molecule has 0 N–H and O–H groups in total. The van der Waals surface area contributed by atoms with Gasteiger partial charge in [-0.2, -0.15) is 0 Å². The quantitative estimate of drug-likeness (QED) is 0.328. The third kappa shape index (κ3) is 6.19. The first-order chi connectivity index (χ1) is 16.1. The Bertz CT molecular complexity index is 898. The third-order valence-corrected chi connectivity index (χ3v) is 8.05. The maximum Gasteiger partial charge on any atom is 0.241 e. The lowest BCUT2D eigenvalue weighted by Gasteiger charge is -2.29. The van der Waals surface area contributed by atoms with Crippen molar-refractivity contribution in [2.45, 2.75) is 169 Å². The summed E-state index contributed by atoms with van der Waals surface area (Å²) in [4.78, 5) is 8.22. The molecule has 0 aliphatic heterocycles. The first-order valence-electron chi connectivity index (χ1n) is 14.1. The summed E-state index contributed by atoms with van der Waals surface area (Å²) in [6.07, 6.45) is 0. The smallest absolute Gasteiger partial charge is 0.241 e. The standard InChI is InChI=1S/C30H56N4S/c1-17(2)31(18(3)4)25-26(32(19(5)6)20(7)8)29(25)35-30-27(33(21(9)10)22(11)12)28(30)34(23(13)14)24(15)16/h17-24H,1-16H3/q+2. The van der Waals surface area contributed by atoms with Crippen molar-refractivity contribution in [1.29, 1.82) is 0 Å². The van der Waals surface area contributed by atoms with Crippen LogP contribution in [0.5, 0.6) is 0 Å². The van der Waals surface area contributed by atoms with Gasteiger partial charge in [-0.3, -0.25) is 0 Å². The van der Waals surface area contributed by atoms with Gasteiger partial charge >= 0.3 is 0 Å². The van der Waals surface area contributed by atoms with Crippen molar-refractivity contribution < 1.29 is 0 Å². The predicted octanol–water partition coefficient (Wildman–Crippen LogP) is 6.01. The Morgan fingerprint density at radius 3 is 0.829 bits per heavy atom. The Morgan fingerprint density at radius 2 is 0.657 bits per heavy atom. The Labute approximate surface area is 221 Å². The van der Waals surface area contributed by atoms with E-state index >= 15 is 0 Å². The van der Waals surface area contributed by atoms with E-state index in [0.29, 0.717) is 48.3 Å². The fourth-order valence-electron chi connectivity index (χ4n) is 6.01. The van der Waals surface area contributed by atoms with Crippen molar-refractivity contribution in [1.82, 2.24) is 9.15 Å². The zero-order chi connectivity index (χ0) is 27.1. The summed E-state index contributed by atoms with van der Waals surface area (Å²) in [7, 11) is 0. The summed E-state index contributed by atoms with van der Waals surface area (Å²) in [5, 5.41) is 2.95. The van der Waals surface area contributed by atoms with Crippen molar-refractivity contribution in [3.63, 3.8) is 0 Å². The minimum absolute atomic E-state index is 0.473. The summed E-state index contributed by atoms with van der Waals surface area (Å²) in [5.74, 6) is 0. The van der Waals surface area contributed by atoms with Crippen LogP contribution >= 0.6 is 11.8 Å². The molecule has 0 aliphatic rings. The van der Waals surface area contributed by atoms with E-state index in [9.17, 15) is 0 Å². The summed E-state index contributed by atoms with van der Waals surface area (Å²) in [5.41, 5.74) is 2.95. The SMILES string of the molecule is CC(C)N(c1c(Sc2c(N(C(C)C)C(C)C)c2=[N+](C(C)C)C(C)C)c1=[N+](C(C)C)C(C)C)C(C)C. The second-order valence-electron chi connectivity index (χ2n) is 12.5. The summed E-state index contributed by atoms with van der Waals surface area (Å²) < 4.78 is 5.26. The lowest BCUT2D eigenvalue weighted by Crippen LogP contribution is -2.41. The van der Waals surface area contributed by atoms with Gasteiger partial charge in [-0.1, -0.05) is 11.8 Å². The Hall–Kier alpha value is -1.23. The second-order valence-corrected chi connectivity index (χ2v) is 13.6. The molecule has 35 heavy (non-hydrogen) atoms. The molecule has 0 bridgehead atoms. The third-order valence-electron chi connectivity index (χ3n) is 6.87. The predicted molar refractivity (Wildman–Crippen MR) is 158 cm³/mol. The minimum Gasteiger partial charge on any atom is -0.360 e. The average Bonchev–Trinajstić information content (AvgIpc) is 3.52. The number of hydrogen-bond acceptors (Lipinski definition) is 3. The molecule has 0 amide bonds. The summed E-state index contributed by atoms with van der Waals surface area (Å²) in [6.45, 7) is 37.3. The van der Waals surface area contributed by atoms with E-state index in [1.807, 2.05) is 11.8 Å². The van der Waals surface area contributed by atoms with Gasteiger partial charge in [0.2, 0.25) is 10.7 Å². The molecule has 0 saturated heterocycles. The van der Waals surface area contributed by atoms with Crippen molar-refractivity contribution in [3.05, 3.63) is 10.7 Å². The van der Waals surface area contributed by atoms with Crippen molar-refractivity contribution in [3.8, 4) is 0 Å². The molecule has 4 nitrogen and oxygen atoms in total. The highest BCUT2D eigenvalue weighted by molar-refractivity contribution is 8.00. The van der Waals surface area contributed by atoms with Crippen LogP contribution in [0.2, 0.25) is 0 Å². The van der Waals surface area contributed by atoms with Crippen LogP contribution in [-0.4, -0.2) is 48.3 Å². The van der Waals surface area contributed by atoms with Gasteiger partial charge in [0.15, 0.2) is 0 Å². The van der Waals surface area contributed by atoms with E-state index in [1.165, 1.54) is 31.9 Å². The maximum absolute atomic E-state index is 2.63. The maximum atomic E-state index is 2.63. The molecule has 0 saturated carbocycles.